The molecule has 2 rings (SSSR count). The second-order valence-corrected chi connectivity index (χ2v) is 3.32. The number of rotatable bonds is 0. The van der Waals surface area contributed by atoms with Crippen molar-refractivity contribution in [3.63, 3.8) is 0 Å². The minimum Gasteiger partial charge on any atom is -0.336 e. The monoisotopic (exact) mass is 151 g/mol. The van der Waals surface area contributed by atoms with Crippen molar-refractivity contribution < 1.29 is 4.79 Å². The van der Waals surface area contributed by atoms with Gasteiger partial charge in [-0.2, -0.15) is 0 Å². The van der Waals surface area contributed by atoms with Crippen molar-refractivity contribution in [3.05, 3.63) is 12.2 Å². The number of nitrogens with zero attached hydrogens (tertiary/aromatic N) is 1. The Morgan fingerprint density at radius 1 is 1.45 bits per heavy atom. The van der Waals surface area contributed by atoms with Crippen molar-refractivity contribution in [1.82, 2.24) is 4.90 Å². The van der Waals surface area contributed by atoms with Gasteiger partial charge in [0.1, 0.15) is 0 Å². The number of amides is 1. The summed E-state index contributed by atoms with van der Waals surface area (Å²) in [6, 6.07) is 0.529. The van der Waals surface area contributed by atoms with Crippen molar-refractivity contribution >= 4 is 5.91 Å². The molecule has 0 aliphatic carbocycles. The fourth-order valence-electron chi connectivity index (χ4n) is 1.96. The lowest BCUT2D eigenvalue weighted by Crippen LogP contribution is -2.44. The number of piperidine rings is 1. The molecule has 2 aliphatic rings. The first-order valence-corrected chi connectivity index (χ1v) is 4.35. The lowest BCUT2D eigenvalue weighted by molar-refractivity contribution is -0.130. The van der Waals surface area contributed by atoms with Crippen LogP contribution in [0.2, 0.25) is 0 Å². The van der Waals surface area contributed by atoms with Gasteiger partial charge >= 0.3 is 0 Å². The number of hydrogen-bond acceptors (Lipinski definition) is 1. The van der Waals surface area contributed by atoms with Gasteiger partial charge in [-0.05, 0) is 31.8 Å². The van der Waals surface area contributed by atoms with Crippen molar-refractivity contribution in [3.8, 4) is 0 Å². The summed E-state index contributed by atoms with van der Waals surface area (Å²) in [6.07, 6.45) is 8.48. The molecule has 0 unspecified atom stereocenters. The number of fused-ring (bicyclic) bond motifs is 1. The molecule has 2 heterocycles. The zero-order chi connectivity index (χ0) is 7.68. The molecule has 2 aliphatic heterocycles. The molecule has 60 valence electrons. The third-order valence-corrected chi connectivity index (χ3v) is 2.58. The minimum absolute atomic E-state index is 0.223. The molecule has 0 aromatic heterocycles. The van der Waals surface area contributed by atoms with Gasteiger partial charge in [-0.3, -0.25) is 4.79 Å². The van der Waals surface area contributed by atoms with Crippen LogP contribution in [0.1, 0.15) is 25.7 Å². The Labute approximate surface area is 66.9 Å². The molecule has 0 radical (unpaired) electrons. The normalized spacial score (nSPS) is 30.4. The molecule has 0 spiro atoms. The second-order valence-electron chi connectivity index (χ2n) is 3.32. The van der Waals surface area contributed by atoms with Gasteiger partial charge in [0.25, 0.3) is 0 Å². The van der Waals surface area contributed by atoms with E-state index in [2.05, 4.69) is 0 Å². The Hall–Kier alpha value is -0.790. The van der Waals surface area contributed by atoms with Crippen LogP contribution in [-0.2, 0) is 4.79 Å². The van der Waals surface area contributed by atoms with Crippen LogP contribution in [0, 0.1) is 0 Å². The highest BCUT2D eigenvalue weighted by Gasteiger charge is 2.26. The van der Waals surface area contributed by atoms with Crippen molar-refractivity contribution in [1.29, 1.82) is 0 Å². The largest absolute Gasteiger partial charge is 0.336 e. The maximum Gasteiger partial charge on any atom is 0.246 e. The third kappa shape index (κ3) is 1.17. The van der Waals surface area contributed by atoms with Gasteiger partial charge in [-0.25, -0.2) is 0 Å². The topological polar surface area (TPSA) is 20.3 Å². The number of hydrogen-bond donors (Lipinski definition) is 0. The summed E-state index contributed by atoms with van der Waals surface area (Å²) in [5, 5.41) is 0. The molecule has 1 amide bonds. The summed E-state index contributed by atoms with van der Waals surface area (Å²) in [7, 11) is 0. The maximum atomic E-state index is 11.3. The number of carbonyl (C=O) groups excluding carboxylic acids is 1. The SMILES string of the molecule is O=C1C=CC[C@H]2CCCCN12. The molecule has 1 atom stereocenters. The molecule has 2 nitrogen and oxygen atoms in total. The highest BCUT2D eigenvalue weighted by molar-refractivity contribution is 5.88. The van der Waals surface area contributed by atoms with Crippen molar-refractivity contribution in [2.24, 2.45) is 0 Å². The van der Waals surface area contributed by atoms with E-state index in [-0.39, 0.29) is 5.91 Å². The molecule has 0 bridgehead atoms. The predicted molar refractivity (Wildman–Crippen MR) is 43.1 cm³/mol. The molecule has 0 aromatic carbocycles. The van der Waals surface area contributed by atoms with Crippen LogP contribution in [0.3, 0.4) is 0 Å². The Morgan fingerprint density at radius 2 is 2.36 bits per heavy atom. The average molecular weight is 151 g/mol. The standard InChI is InChI=1S/C9H13NO/c11-9-6-3-5-8-4-1-2-7-10(8)9/h3,6,8H,1-2,4-5,7H2/t8-/m1/s1. The fraction of sp³-hybridized carbons (Fsp3) is 0.667. The van der Waals surface area contributed by atoms with Crippen LogP contribution in [-0.4, -0.2) is 23.4 Å². The molecule has 11 heavy (non-hydrogen) atoms. The Kier molecular flexibility index (Phi) is 1.68. The predicted octanol–water partition coefficient (Wildman–Crippen LogP) is 1.33. The molecule has 0 aromatic rings. The zero-order valence-electron chi connectivity index (χ0n) is 6.62. The molecule has 0 saturated carbocycles. The van der Waals surface area contributed by atoms with Crippen molar-refractivity contribution in [2.75, 3.05) is 6.54 Å². The van der Waals surface area contributed by atoms with E-state index in [4.69, 9.17) is 0 Å². The van der Waals surface area contributed by atoms with Gasteiger partial charge in [0.2, 0.25) is 5.91 Å². The fourth-order valence-corrected chi connectivity index (χ4v) is 1.96. The van der Waals surface area contributed by atoms with Gasteiger partial charge in [0, 0.05) is 12.6 Å². The van der Waals surface area contributed by atoms with E-state index in [1.54, 1.807) is 6.08 Å². The van der Waals surface area contributed by atoms with Crippen LogP contribution >= 0.6 is 0 Å². The van der Waals surface area contributed by atoms with Crippen LogP contribution in [0.5, 0.6) is 0 Å². The van der Waals surface area contributed by atoms with Crippen LogP contribution in [0.15, 0.2) is 12.2 Å². The lowest BCUT2D eigenvalue weighted by atomic mass is 9.96. The van der Waals surface area contributed by atoms with E-state index in [9.17, 15) is 4.79 Å². The highest BCUT2D eigenvalue weighted by Crippen LogP contribution is 2.22. The molecular formula is C9H13NO. The third-order valence-electron chi connectivity index (χ3n) is 2.58. The zero-order valence-corrected chi connectivity index (χ0v) is 6.62. The van der Waals surface area contributed by atoms with E-state index < -0.39 is 0 Å². The first-order chi connectivity index (χ1) is 5.38. The van der Waals surface area contributed by atoms with Crippen LogP contribution in [0.25, 0.3) is 0 Å². The van der Waals surface area contributed by atoms with E-state index in [0.717, 1.165) is 13.0 Å². The molecule has 1 saturated heterocycles. The summed E-state index contributed by atoms with van der Waals surface area (Å²) >= 11 is 0. The lowest BCUT2D eigenvalue weighted by Gasteiger charge is -2.36. The quantitative estimate of drug-likeness (QED) is 0.511. The molecule has 0 N–H and O–H groups in total. The van der Waals surface area contributed by atoms with E-state index in [1.165, 1.54) is 19.3 Å². The van der Waals surface area contributed by atoms with Gasteiger partial charge in [0.05, 0.1) is 0 Å². The van der Waals surface area contributed by atoms with Crippen LogP contribution < -0.4 is 0 Å². The summed E-state index contributed by atoms with van der Waals surface area (Å²) < 4.78 is 0. The number of carbonyl (C=O) groups is 1. The summed E-state index contributed by atoms with van der Waals surface area (Å²) in [5.41, 5.74) is 0. The minimum atomic E-state index is 0.223. The van der Waals surface area contributed by atoms with E-state index in [0.29, 0.717) is 6.04 Å². The highest BCUT2D eigenvalue weighted by atomic mass is 16.2. The maximum absolute atomic E-state index is 11.3. The first-order valence-electron chi connectivity index (χ1n) is 4.35. The van der Waals surface area contributed by atoms with E-state index in [1.807, 2.05) is 11.0 Å². The first kappa shape index (κ1) is 6.89. The Morgan fingerprint density at radius 3 is 3.18 bits per heavy atom. The average Bonchev–Trinajstić information content (AvgIpc) is 2.06. The molecular weight excluding hydrogens is 138 g/mol. The van der Waals surface area contributed by atoms with E-state index >= 15 is 0 Å². The van der Waals surface area contributed by atoms with Gasteiger partial charge in [0.15, 0.2) is 0 Å². The summed E-state index contributed by atoms with van der Waals surface area (Å²) in [6.45, 7) is 0.980. The molecule has 2 heteroatoms. The summed E-state index contributed by atoms with van der Waals surface area (Å²) in [4.78, 5) is 13.3. The second kappa shape index (κ2) is 2.68. The van der Waals surface area contributed by atoms with Crippen molar-refractivity contribution in [2.45, 2.75) is 31.7 Å². The molecule has 1 fully saturated rings. The smallest absolute Gasteiger partial charge is 0.246 e. The van der Waals surface area contributed by atoms with Gasteiger partial charge in [-0.1, -0.05) is 6.08 Å². The van der Waals surface area contributed by atoms with Crippen LogP contribution in [0.4, 0.5) is 0 Å². The van der Waals surface area contributed by atoms with Gasteiger partial charge in [-0.15, -0.1) is 0 Å². The Balaban J connectivity index is 2.14. The summed E-state index contributed by atoms with van der Waals surface area (Å²) in [5.74, 6) is 0.223. The van der Waals surface area contributed by atoms with Gasteiger partial charge < -0.3 is 4.90 Å². The Bertz CT molecular complexity index is 198.